The Kier molecular flexibility index (Phi) is 4.64. The number of hydrogen-bond acceptors (Lipinski definition) is 4. The van der Waals surface area contributed by atoms with Gasteiger partial charge in [0, 0.05) is 15.6 Å². The summed E-state index contributed by atoms with van der Waals surface area (Å²) in [5.74, 6) is 0.815. The molecule has 0 atom stereocenters. The zero-order valence-corrected chi connectivity index (χ0v) is 15.5. The maximum absolute atomic E-state index is 10.2. The van der Waals surface area contributed by atoms with Crippen molar-refractivity contribution in [1.29, 1.82) is 0 Å². The number of aromatic amines is 1. The van der Waals surface area contributed by atoms with Crippen molar-refractivity contribution in [1.82, 2.24) is 14.9 Å². The van der Waals surface area contributed by atoms with Crippen molar-refractivity contribution in [3.8, 4) is 17.1 Å². The summed E-state index contributed by atoms with van der Waals surface area (Å²) < 4.78 is 2.80. The minimum absolute atomic E-state index is 0.189. The number of halogens is 1. The molecule has 1 heterocycles. The molecule has 5 nitrogen and oxygen atoms in total. The molecule has 0 saturated carbocycles. The number of hydrogen-bond donors (Lipinski definition) is 2. The zero-order chi connectivity index (χ0) is 17.3. The molecule has 0 aliphatic carbocycles. The number of nitrogens with one attached hydrogen (secondary N) is 1. The van der Waals surface area contributed by atoms with Gasteiger partial charge in [0.2, 0.25) is 4.77 Å². The van der Waals surface area contributed by atoms with E-state index in [9.17, 15) is 5.11 Å². The van der Waals surface area contributed by atoms with Crippen molar-refractivity contribution in [3.63, 3.8) is 0 Å². The lowest BCUT2D eigenvalue weighted by atomic mass is 10.1. The Morgan fingerprint density at radius 3 is 2.75 bits per heavy atom. The summed E-state index contributed by atoms with van der Waals surface area (Å²) in [5, 5.41) is 21.6. The molecule has 0 aliphatic rings. The van der Waals surface area contributed by atoms with Crippen LogP contribution in [0.15, 0.2) is 46.0 Å². The highest BCUT2D eigenvalue weighted by molar-refractivity contribution is 9.10. The molecule has 0 radical (unpaired) electrons. The number of aryl methyl sites for hydroxylation is 2. The summed E-state index contributed by atoms with van der Waals surface area (Å²) in [7, 11) is 0. The number of phenols is 1. The number of nitrogens with zero attached hydrogens (tertiary/aromatic N) is 3. The lowest BCUT2D eigenvalue weighted by molar-refractivity contribution is 0.470. The number of aromatic hydroxyl groups is 1. The van der Waals surface area contributed by atoms with Gasteiger partial charge in [0.15, 0.2) is 5.82 Å². The molecule has 0 aliphatic heterocycles. The third-order valence-corrected chi connectivity index (χ3v) is 4.37. The summed E-state index contributed by atoms with van der Waals surface area (Å²) in [5.41, 5.74) is 3.38. The third kappa shape index (κ3) is 3.18. The molecule has 0 fully saturated rings. The zero-order valence-electron chi connectivity index (χ0n) is 13.1. The van der Waals surface area contributed by atoms with Gasteiger partial charge in [-0.25, -0.2) is 5.10 Å². The van der Waals surface area contributed by atoms with Gasteiger partial charge >= 0.3 is 0 Å². The minimum atomic E-state index is 0.189. The number of phenolic OH excluding ortho intramolecular Hbond substituents is 1. The Bertz CT molecular complexity index is 990. The largest absolute Gasteiger partial charge is 0.507 e. The highest BCUT2D eigenvalue weighted by atomic mass is 79.9. The van der Waals surface area contributed by atoms with Crippen LogP contribution in [0.25, 0.3) is 11.4 Å². The summed E-state index contributed by atoms with van der Waals surface area (Å²) in [4.78, 5) is 0. The van der Waals surface area contributed by atoms with E-state index in [0.717, 1.165) is 21.2 Å². The second-order valence-corrected chi connectivity index (χ2v) is 6.69. The van der Waals surface area contributed by atoms with Crippen LogP contribution >= 0.6 is 28.1 Å². The van der Waals surface area contributed by atoms with E-state index in [4.69, 9.17) is 12.2 Å². The Hall–Kier alpha value is -2.25. The van der Waals surface area contributed by atoms with E-state index >= 15 is 0 Å². The van der Waals surface area contributed by atoms with Crippen molar-refractivity contribution >= 4 is 34.4 Å². The molecule has 0 saturated heterocycles. The molecule has 2 N–H and O–H groups in total. The summed E-state index contributed by atoms with van der Waals surface area (Å²) >= 11 is 8.70. The maximum Gasteiger partial charge on any atom is 0.216 e. The first-order chi connectivity index (χ1) is 11.5. The lowest BCUT2D eigenvalue weighted by Crippen LogP contribution is -1.97. The van der Waals surface area contributed by atoms with Gasteiger partial charge in [0.05, 0.1) is 6.21 Å². The fourth-order valence-electron chi connectivity index (χ4n) is 2.38. The van der Waals surface area contributed by atoms with Crippen molar-refractivity contribution in [2.24, 2.45) is 5.10 Å². The first kappa shape index (κ1) is 16.6. The predicted octanol–water partition coefficient (Wildman–Crippen LogP) is 4.57. The van der Waals surface area contributed by atoms with Gasteiger partial charge in [0.25, 0.3) is 0 Å². The highest BCUT2D eigenvalue weighted by Gasteiger charge is 2.10. The molecule has 3 aromatic rings. The predicted molar refractivity (Wildman–Crippen MR) is 101 cm³/mol. The van der Waals surface area contributed by atoms with Crippen LogP contribution in [-0.4, -0.2) is 26.2 Å². The van der Waals surface area contributed by atoms with Crippen molar-refractivity contribution in [3.05, 3.63) is 62.3 Å². The number of aromatic nitrogens is 3. The van der Waals surface area contributed by atoms with Gasteiger partial charge in [-0.05, 0) is 49.3 Å². The molecule has 0 amide bonds. The molecule has 24 heavy (non-hydrogen) atoms. The van der Waals surface area contributed by atoms with E-state index in [1.54, 1.807) is 17.0 Å². The van der Waals surface area contributed by atoms with Crippen LogP contribution in [-0.2, 0) is 0 Å². The molecule has 7 heteroatoms. The average molecular weight is 403 g/mol. The van der Waals surface area contributed by atoms with Gasteiger partial charge in [-0.2, -0.15) is 14.9 Å². The Morgan fingerprint density at radius 1 is 1.25 bits per heavy atom. The minimum Gasteiger partial charge on any atom is -0.507 e. The SMILES string of the molecule is Cc1ccccc1-c1n[nH]c(=S)n1/N=C/c1cc(Br)cc(C)c1O. The monoisotopic (exact) mass is 402 g/mol. The molecule has 1 aromatic heterocycles. The second kappa shape index (κ2) is 6.70. The molecule has 122 valence electrons. The quantitative estimate of drug-likeness (QED) is 0.497. The second-order valence-electron chi connectivity index (χ2n) is 5.38. The summed E-state index contributed by atoms with van der Waals surface area (Å²) in [6.07, 6.45) is 1.57. The lowest BCUT2D eigenvalue weighted by Gasteiger charge is -2.06. The molecule has 0 spiro atoms. The molecule has 2 aromatic carbocycles. The third-order valence-electron chi connectivity index (χ3n) is 3.64. The maximum atomic E-state index is 10.2. The number of rotatable bonds is 3. The van der Waals surface area contributed by atoms with Gasteiger partial charge in [0.1, 0.15) is 5.75 Å². The molecule has 3 rings (SSSR count). The standard InChI is InChI=1S/C17H15BrN4OS/c1-10-5-3-4-6-14(10)16-20-21-17(24)22(16)19-9-12-8-13(18)7-11(2)15(12)23/h3-9,23H,1-2H3,(H,21,24)/b19-9+. The first-order valence-electron chi connectivity index (χ1n) is 7.24. The van der Waals surface area contributed by atoms with Crippen molar-refractivity contribution < 1.29 is 5.11 Å². The number of H-pyrrole nitrogens is 1. The van der Waals surface area contributed by atoms with Crippen LogP contribution < -0.4 is 0 Å². The smallest absolute Gasteiger partial charge is 0.216 e. The van der Waals surface area contributed by atoms with Gasteiger partial charge in [-0.15, -0.1) is 0 Å². The van der Waals surface area contributed by atoms with E-state index in [-0.39, 0.29) is 5.75 Å². The summed E-state index contributed by atoms with van der Waals surface area (Å²) in [6, 6.07) is 11.5. The summed E-state index contributed by atoms with van der Waals surface area (Å²) in [6.45, 7) is 3.84. The Labute approximate surface area is 152 Å². The van der Waals surface area contributed by atoms with E-state index in [2.05, 4.69) is 31.2 Å². The fourth-order valence-corrected chi connectivity index (χ4v) is 3.15. The van der Waals surface area contributed by atoms with E-state index < -0.39 is 0 Å². The molecule has 0 bridgehead atoms. The van der Waals surface area contributed by atoms with Crippen molar-refractivity contribution in [2.75, 3.05) is 0 Å². The van der Waals surface area contributed by atoms with Gasteiger partial charge in [-0.1, -0.05) is 40.2 Å². The van der Waals surface area contributed by atoms with Crippen LogP contribution in [0, 0.1) is 18.6 Å². The van der Waals surface area contributed by atoms with Gasteiger partial charge < -0.3 is 5.11 Å². The molecule has 0 unspecified atom stereocenters. The van der Waals surface area contributed by atoms with Crippen molar-refractivity contribution in [2.45, 2.75) is 13.8 Å². The van der Waals surface area contributed by atoms with Crippen LogP contribution in [0.4, 0.5) is 0 Å². The van der Waals surface area contributed by atoms with E-state index in [1.807, 2.05) is 44.2 Å². The van der Waals surface area contributed by atoms with Crippen LogP contribution in [0.1, 0.15) is 16.7 Å². The fraction of sp³-hybridized carbons (Fsp3) is 0.118. The number of benzene rings is 2. The van der Waals surface area contributed by atoms with Crippen LogP contribution in [0.3, 0.4) is 0 Å². The van der Waals surface area contributed by atoms with Crippen LogP contribution in [0.5, 0.6) is 5.75 Å². The first-order valence-corrected chi connectivity index (χ1v) is 8.44. The van der Waals surface area contributed by atoms with E-state index in [0.29, 0.717) is 16.2 Å². The van der Waals surface area contributed by atoms with Crippen LogP contribution in [0.2, 0.25) is 0 Å². The molecular formula is C17H15BrN4OS. The normalized spacial score (nSPS) is 11.3. The Balaban J connectivity index is 2.08. The molecular weight excluding hydrogens is 388 g/mol. The van der Waals surface area contributed by atoms with E-state index in [1.165, 1.54) is 0 Å². The highest BCUT2D eigenvalue weighted by Crippen LogP contribution is 2.26. The van der Waals surface area contributed by atoms with Gasteiger partial charge in [-0.3, -0.25) is 0 Å². The average Bonchev–Trinajstić information content (AvgIpc) is 2.90. The Morgan fingerprint density at radius 2 is 2.00 bits per heavy atom. The topological polar surface area (TPSA) is 66.2 Å².